The van der Waals surface area contributed by atoms with E-state index in [1.54, 1.807) is 0 Å². The Morgan fingerprint density at radius 3 is 2.40 bits per heavy atom. The van der Waals surface area contributed by atoms with Crippen LogP contribution in [0.1, 0.15) is 39.2 Å². The van der Waals surface area contributed by atoms with Gasteiger partial charge in [-0.25, -0.2) is 0 Å². The van der Waals surface area contributed by atoms with Crippen molar-refractivity contribution in [1.29, 1.82) is 0 Å². The van der Waals surface area contributed by atoms with Crippen LogP contribution in [0, 0.1) is 0 Å². The fourth-order valence-electron chi connectivity index (χ4n) is 1.43. The van der Waals surface area contributed by atoms with Gasteiger partial charge >= 0.3 is 0 Å². The molecule has 2 rings (SSSR count). The van der Waals surface area contributed by atoms with E-state index in [4.69, 9.17) is 16.3 Å². The second-order valence-corrected chi connectivity index (χ2v) is 5.62. The molecule has 1 aromatic carbocycles. The summed E-state index contributed by atoms with van der Waals surface area (Å²) in [4.78, 5) is 0. The van der Waals surface area contributed by atoms with Gasteiger partial charge in [0.2, 0.25) is 0 Å². The second kappa shape index (κ2) is 3.71. The zero-order chi connectivity index (χ0) is 11.1. The van der Waals surface area contributed by atoms with Gasteiger partial charge in [0.25, 0.3) is 0 Å². The van der Waals surface area contributed by atoms with Gasteiger partial charge < -0.3 is 4.74 Å². The highest BCUT2D eigenvalue weighted by Gasteiger charge is 2.25. The Morgan fingerprint density at radius 1 is 1.27 bits per heavy atom. The topological polar surface area (TPSA) is 9.23 Å². The van der Waals surface area contributed by atoms with Crippen molar-refractivity contribution in [2.75, 3.05) is 0 Å². The Kier molecular flexibility index (Phi) is 2.68. The summed E-state index contributed by atoms with van der Waals surface area (Å²) >= 11 is 6.18. The van der Waals surface area contributed by atoms with Crippen molar-refractivity contribution < 1.29 is 4.74 Å². The number of halogens is 1. The molecular formula is C13H17ClO. The van der Waals surface area contributed by atoms with Crippen LogP contribution in [0.15, 0.2) is 18.2 Å². The maximum absolute atomic E-state index is 6.18. The minimum Gasteiger partial charge on any atom is -0.489 e. The van der Waals surface area contributed by atoms with Crippen LogP contribution in [0.25, 0.3) is 0 Å². The van der Waals surface area contributed by atoms with E-state index in [1.807, 2.05) is 12.1 Å². The van der Waals surface area contributed by atoms with Crippen LogP contribution in [0.4, 0.5) is 0 Å². The normalized spacial score (nSPS) is 16.5. The molecular weight excluding hydrogens is 208 g/mol. The first-order valence-corrected chi connectivity index (χ1v) is 5.81. The van der Waals surface area contributed by atoms with Gasteiger partial charge in [0.15, 0.2) is 0 Å². The summed E-state index contributed by atoms with van der Waals surface area (Å²) in [7, 11) is 0. The van der Waals surface area contributed by atoms with Crippen molar-refractivity contribution in [2.45, 2.75) is 45.1 Å². The van der Waals surface area contributed by atoms with E-state index >= 15 is 0 Å². The molecule has 0 aromatic heterocycles. The highest BCUT2D eigenvalue weighted by atomic mass is 35.5. The second-order valence-electron chi connectivity index (χ2n) is 5.21. The van der Waals surface area contributed by atoms with Gasteiger partial charge in [-0.2, -0.15) is 0 Å². The standard InChI is InChI=1S/C13H17ClO/c1-13(2,3)9-4-7-12(11(14)8-9)15-10-5-6-10/h4,7-8,10H,5-6H2,1-3H3. The first-order valence-electron chi connectivity index (χ1n) is 5.43. The Morgan fingerprint density at radius 2 is 1.93 bits per heavy atom. The maximum Gasteiger partial charge on any atom is 0.138 e. The van der Waals surface area contributed by atoms with E-state index in [-0.39, 0.29) is 5.41 Å². The molecule has 0 spiro atoms. The molecule has 0 unspecified atom stereocenters. The fraction of sp³-hybridized carbons (Fsp3) is 0.538. The predicted molar refractivity (Wildman–Crippen MR) is 63.8 cm³/mol. The molecule has 0 bridgehead atoms. The average molecular weight is 225 g/mol. The summed E-state index contributed by atoms with van der Waals surface area (Å²) in [5, 5.41) is 0.731. The zero-order valence-corrected chi connectivity index (χ0v) is 10.3. The highest BCUT2D eigenvalue weighted by Crippen LogP contribution is 2.34. The van der Waals surface area contributed by atoms with Gasteiger partial charge in [0, 0.05) is 0 Å². The lowest BCUT2D eigenvalue weighted by atomic mass is 9.87. The lowest BCUT2D eigenvalue weighted by Crippen LogP contribution is -2.11. The number of hydrogen-bond donors (Lipinski definition) is 0. The molecule has 1 saturated carbocycles. The molecule has 82 valence electrons. The summed E-state index contributed by atoms with van der Waals surface area (Å²) < 4.78 is 5.69. The Labute approximate surface area is 96.4 Å². The largest absolute Gasteiger partial charge is 0.489 e. The summed E-state index contributed by atoms with van der Waals surface area (Å²) in [5.41, 5.74) is 1.39. The molecule has 0 atom stereocenters. The molecule has 0 heterocycles. The quantitative estimate of drug-likeness (QED) is 0.733. The molecule has 0 N–H and O–H groups in total. The Balaban J connectivity index is 2.21. The summed E-state index contributed by atoms with van der Waals surface area (Å²) in [6, 6.07) is 6.10. The fourth-order valence-corrected chi connectivity index (χ4v) is 1.65. The van der Waals surface area contributed by atoms with Crippen molar-refractivity contribution in [1.82, 2.24) is 0 Å². The van der Waals surface area contributed by atoms with E-state index in [0.29, 0.717) is 6.10 Å². The number of benzene rings is 1. The monoisotopic (exact) mass is 224 g/mol. The minimum atomic E-state index is 0.141. The lowest BCUT2D eigenvalue weighted by molar-refractivity contribution is 0.303. The summed E-state index contributed by atoms with van der Waals surface area (Å²) in [6.45, 7) is 6.54. The number of rotatable bonds is 2. The van der Waals surface area contributed by atoms with E-state index in [2.05, 4.69) is 26.8 Å². The summed E-state index contributed by atoms with van der Waals surface area (Å²) in [6.07, 6.45) is 2.73. The van der Waals surface area contributed by atoms with Crippen LogP contribution < -0.4 is 4.74 Å². The van der Waals surface area contributed by atoms with E-state index < -0.39 is 0 Å². The molecule has 0 aliphatic heterocycles. The van der Waals surface area contributed by atoms with Crippen molar-refractivity contribution in [3.8, 4) is 5.75 Å². The molecule has 15 heavy (non-hydrogen) atoms. The highest BCUT2D eigenvalue weighted by molar-refractivity contribution is 6.32. The lowest BCUT2D eigenvalue weighted by Gasteiger charge is -2.20. The van der Waals surface area contributed by atoms with Gasteiger partial charge in [-0.1, -0.05) is 38.4 Å². The van der Waals surface area contributed by atoms with Crippen LogP contribution in [-0.4, -0.2) is 6.10 Å². The van der Waals surface area contributed by atoms with Crippen LogP contribution in [0.2, 0.25) is 5.02 Å². The third-order valence-corrected chi connectivity index (χ3v) is 2.91. The zero-order valence-electron chi connectivity index (χ0n) is 9.51. The smallest absolute Gasteiger partial charge is 0.138 e. The maximum atomic E-state index is 6.18. The van der Waals surface area contributed by atoms with Crippen LogP contribution >= 0.6 is 11.6 Å². The minimum absolute atomic E-state index is 0.141. The Hall–Kier alpha value is -0.690. The third kappa shape index (κ3) is 2.66. The molecule has 0 amide bonds. The van der Waals surface area contributed by atoms with Crippen molar-refractivity contribution in [2.24, 2.45) is 0 Å². The summed E-state index contributed by atoms with van der Waals surface area (Å²) in [5.74, 6) is 0.826. The Bertz CT molecular complexity index is 361. The molecule has 1 fully saturated rings. The van der Waals surface area contributed by atoms with Gasteiger partial charge in [0.1, 0.15) is 5.75 Å². The number of hydrogen-bond acceptors (Lipinski definition) is 1. The predicted octanol–water partition coefficient (Wildman–Crippen LogP) is 4.18. The first-order chi connectivity index (χ1) is 6.97. The molecule has 1 aliphatic carbocycles. The molecule has 0 saturated heterocycles. The molecule has 1 aromatic rings. The van der Waals surface area contributed by atoms with Crippen LogP contribution in [0.5, 0.6) is 5.75 Å². The van der Waals surface area contributed by atoms with Crippen molar-refractivity contribution in [3.05, 3.63) is 28.8 Å². The molecule has 2 heteroatoms. The molecule has 1 nitrogen and oxygen atoms in total. The van der Waals surface area contributed by atoms with E-state index in [1.165, 1.54) is 5.56 Å². The van der Waals surface area contributed by atoms with Crippen LogP contribution in [0.3, 0.4) is 0 Å². The van der Waals surface area contributed by atoms with Crippen LogP contribution in [-0.2, 0) is 5.41 Å². The van der Waals surface area contributed by atoms with Gasteiger partial charge in [0.05, 0.1) is 11.1 Å². The van der Waals surface area contributed by atoms with Gasteiger partial charge in [-0.3, -0.25) is 0 Å². The molecule has 1 aliphatic rings. The SMILES string of the molecule is CC(C)(C)c1ccc(OC2CC2)c(Cl)c1. The van der Waals surface area contributed by atoms with Crippen molar-refractivity contribution >= 4 is 11.6 Å². The molecule has 0 radical (unpaired) electrons. The van der Waals surface area contributed by atoms with Gasteiger partial charge in [-0.05, 0) is 36.0 Å². The van der Waals surface area contributed by atoms with Gasteiger partial charge in [-0.15, -0.1) is 0 Å². The van der Waals surface area contributed by atoms with E-state index in [0.717, 1.165) is 23.6 Å². The average Bonchev–Trinajstić information content (AvgIpc) is 2.90. The number of ether oxygens (including phenoxy) is 1. The van der Waals surface area contributed by atoms with E-state index in [9.17, 15) is 0 Å². The van der Waals surface area contributed by atoms with Crippen molar-refractivity contribution in [3.63, 3.8) is 0 Å². The third-order valence-electron chi connectivity index (χ3n) is 2.62. The first kappa shape index (κ1) is 10.8.